The second-order valence-electron chi connectivity index (χ2n) is 4.58. The topological polar surface area (TPSA) is 94.8 Å². The van der Waals surface area contributed by atoms with Crippen molar-refractivity contribution in [2.45, 2.75) is 0 Å². The van der Waals surface area contributed by atoms with Gasteiger partial charge in [0.15, 0.2) is 0 Å². The van der Waals surface area contributed by atoms with Crippen LogP contribution >= 0.6 is 0 Å². The molecule has 3 rings (SSSR count). The number of rotatable bonds is 5. The van der Waals surface area contributed by atoms with Crippen molar-refractivity contribution in [1.82, 2.24) is 19.1 Å². The number of benzene rings is 1. The van der Waals surface area contributed by atoms with Crippen LogP contribution in [0.1, 0.15) is 0 Å². The molecule has 23 heavy (non-hydrogen) atoms. The number of hydrogen-bond acceptors (Lipinski definition) is 6. The van der Waals surface area contributed by atoms with Gasteiger partial charge in [0.1, 0.15) is 23.5 Å². The number of nitrogens with zero attached hydrogens (tertiary/aromatic N) is 3. The molecule has 0 atom stereocenters. The minimum absolute atomic E-state index is 0.144. The standard InChI is InChI=1S/C14H14N4O4S/c1-15-23(19,20)22-10-3-4-11(13(7-10)21-2)12-8-18-9-16-6-5-14(18)17-12/h3-9,15H,1-2H3. The minimum Gasteiger partial charge on any atom is -0.496 e. The lowest BCUT2D eigenvalue weighted by atomic mass is 10.1. The van der Waals surface area contributed by atoms with Gasteiger partial charge in [-0.15, -0.1) is 0 Å². The average molecular weight is 334 g/mol. The first-order valence-electron chi connectivity index (χ1n) is 6.62. The average Bonchev–Trinajstić information content (AvgIpc) is 2.98. The molecular formula is C14H14N4O4S. The smallest absolute Gasteiger partial charge is 0.382 e. The number of nitrogens with one attached hydrogen (secondary N) is 1. The predicted molar refractivity (Wildman–Crippen MR) is 83.6 cm³/mol. The maximum absolute atomic E-state index is 11.4. The molecule has 1 N–H and O–H groups in total. The summed E-state index contributed by atoms with van der Waals surface area (Å²) in [5, 5.41) is 0. The quantitative estimate of drug-likeness (QED) is 0.754. The minimum atomic E-state index is -3.83. The molecule has 3 aromatic rings. The van der Waals surface area contributed by atoms with Crippen LogP contribution in [0.4, 0.5) is 0 Å². The summed E-state index contributed by atoms with van der Waals surface area (Å²) in [6.45, 7) is 0. The number of aromatic nitrogens is 3. The van der Waals surface area contributed by atoms with E-state index in [1.807, 2.05) is 6.20 Å². The molecule has 2 heterocycles. The van der Waals surface area contributed by atoms with Crippen LogP contribution in [-0.4, -0.2) is 36.9 Å². The van der Waals surface area contributed by atoms with Crippen LogP contribution in [0.25, 0.3) is 16.9 Å². The highest BCUT2D eigenvalue weighted by atomic mass is 32.2. The predicted octanol–water partition coefficient (Wildman–Crippen LogP) is 1.25. The van der Waals surface area contributed by atoms with Crippen molar-refractivity contribution in [3.8, 4) is 22.8 Å². The third-order valence-electron chi connectivity index (χ3n) is 3.17. The summed E-state index contributed by atoms with van der Waals surface area (Å²) < 4.78 is 37.0. The van der Waals surface area contributed by atoms with Crippen molar-refractivity contribution in [3.05, 3.63) is 43.0 Å². The molecule has 2 aromatic heterocycles. The third-order valence-corrected chi connectivity index (χ3v) is 4.08. The van der Waals surface area contributed by atoms with E-state index in [2.05, 4.69) is 14.7 Å². The zero-order valence-electron chi connectivity index (χ0n) is 12.4. The molecule has 0 aliphatic heterocycles. The van der Waals surface area contributed by atoms with Crippen molar-refractivity contribution in [2.24, 2.45) is 0 Å². The van der Waals surface area contributed by atoms with Crippen LogP contribution in [0.5, 0.6) is 11.5 Å². The summed E-state index contributed by atoms with van der Waals surface area (Å²) in [4.78, 5) is 8.51. The molecule has 0 fully saturated rings. The lowest BCUT2D eigenvalue weighted by Gasteiger charge is -2.10. The largest absolute Gasteiger partial charge is 0.496 e. The molecule has 1 aromatic carbocycles. The molecule has 120 valence electrons. The lowest BCUT2D eigenvalue weighted by molar-refractivity contribution is 0.413. The molecule has 8 nitrogen and oxygen atoms in total. The lowest BCUT2D eigenvalue weighted by Crippen LogP contribution is -2.24. The van der Waals surface area contributed by atoms with E-state index in [4.69, 9.17) is 8.92 Å². The molecule has 9 heteroatoms. The Morgan fingerprint density at radius 1 is 1.26 bits per heavy atom. The fourth-order valence-corrected chi connectivity index (χ4v) is 2.52. The van der Waals surface area contributed by atoms with E-state index in [0.717, 1.165) is 5.65 Å². The SMILES string of the molecule is CNS(=O)(=O)Oc1ccc(-c2cn3cnccc3n2)c(OC)c1. The van der Waals surface area contributed by atoms with Gasteiger partial charge in [0, 0.05) is 31.1 Å². The maximum Gasteiger partial charge on any atom is 0.382 e. The Morgan fingerprint density at radius 2 is 2.09 bits per heavy atom. The van der Waals surface area contributed by atoms with E-state index in [1.165, 1.54) is 26.3 Å². The third kappa shape index (κ3) is 3.10. The number of imidazole rings is 1. The van der Waals surface area contributed by atoms with Crippen molar-refractivity contribution in [2.75, 3.05) is 14.2 Å². The first kappa shape index (κ1) is 15.3. The van der Waals surface area contributed by atoms with Gasteiger partial charge in [-0.2, -0.15) is 13.1 Å². The van der Waals surface area contributed by atoms with Crippen molar-refractivity contribution < 1.29 is 17.3 Å². The van der Waals surface area contributed by atoms with Crippen LogP contribution in [0.2, 0.25) is 0 Å². The summed E-state index contributed by atoms with van der Waals surface area (Å²) >= 11 is 0. The maximum atomic E-state index is 11.4. The Morgan fingerprint density at radius 3 is 2.78 bits per heavy atom. The van der Waals surface area contributed by atoms with E-state index in [0.29, 0.717) is 17.0 Å². The molecule has 0 amide bonds. The number of methoxy groups -OCH3 is 1. The van der Waals surface area contributed by atoms with Crippen LogP contribution in [0, 0.1) is 0 Å². The monoisotopic (exact) mass is 334 g/mol. The van der Waals surface area contributed by atoms with Crippen molar-refractivity contribution in [1.29, 1.82) is 0 Å². The molecule has 0 bridgehead atoms. The first-order valence-corrected chi connectivity index (χ1v) is 8.03. The zero-order valence-corrected chi connectivity index (χ0v) is 13.2. The van der Waals surface area contributed by atoms with Gasteiger partial charge in [-0.25, -0.2) is 9.97 Å². The van der Waals surface area contributed by atoms with Gasteiger partial charge >= 0.3 is 10.3 Å². The summed E-state index contributed by atoms with van der Waals surface area (Å²) in [5.41, 5.74) is 2.14. The van der Waals surface area contributed by atoms with Crippen molar-refractivity contribution >= 4 is 16.0 Å². The molecule has 0 aliphatic rings. The molecule has 0 spiro atoms. The number of ether oxygens (including phenoxy) is 1. The summed E-state index contributed by atoms with van der Waals surface area (Å²) in [5.74, 6) is 0.593. The van der Waals surface area contributed by atoms with Crippen LogP contribution in [0.15, 0.2) is 43.0 Å². The van der Waals surface area contributed by atoms with Crippen LogP contribution < -0.4 is 13.6 Å². The van der Waals surface area contributed by atoms with Gasteiger partial charge in [0.2, 0.25) is 0 Å². The molecule has 0 saturated heterocycles. The van der Waals surface area contributed by atoms with E-state index < -0.39 is 10.3 Å². The van der Waals surface area contributed by atoms with E-state index >= 15 is 0 Å². The van der Waals surface area contributed by atoms with Gasteiger partial charge in [-0.05, 0) is 18.2 Å². The van der Waals surface area contributed by atoms with E-state index in [-0.39, 0.29) is 5.75 Å². The second-order valence-corrected chi connectivity index (χ2v) is 6.06. The summed E-state index contributed by atoms with van der Waals surface area (Å²) in [7, 11) is -1.07. The Hall–Kier alpha value is -2.65. The first-order chi connectivity index (χ1) is 11.0. The molecule has 0 unspecified atom stereocenters. The Bertz CT molecular complexity index is 919. The van der Waals surface area contributed by atoms with E-state index in [9.17, 15) is 8.42 Å². The van der Waals surface area contributed by atoms with Gasteiger partial charge < -0.3 is 8.92 Å². The Kier molecular flexibility index (Phi) is 3.89. The molecular weight excluding hydrogens is 320 g/mol. The highest BCUT2D eigenvalue weighted by molar-refractivity contribution is 7.85. The molecule has 0 saturated carbocycles. The van der Waals surface area contributed by atoms with Gasteiger partial charge in [-0.1, -0.05) is 0 Å². The Balaban J connectivity index is 2.02. The van der Waals surface area contributed by atoms with E-state index in [1.54, 1.807) is 29.1 Å². The summed E-state index contributed by atoms with van der Waals surface area (Å²) in [6.07, 6.45) is 5.11. The normalized spacial score (nSPS) is 11.6. The highest BCUT2D eigenvalue weighted by Gasteiger charge is 2.14. The van der Waals surface area contributed by atoms with Gasteiger partial charge in [-0.3, -0.25) is 4.40 Å². The fourth-order valence-electron chi connectivity index (χ4n) is 2.08. The molecule has 0 aliphatic carbocycles. The zero-order chi connectivity index (χ0) is 16.4. The van der Waals surface area contributed by atoms with Gasteiger partial charge in [0.25, 0.3) is 0 Å². The van der Waals surface area contributed by atoms with Gasteiger partial charge in [0.05, 0.1) is 12.8 Å². The highest BCUT2D eigenvalue weighted by Crippen LogP contribution is 2.33. The number of hydrogen-bond donors (Lipinski definition) is 1. The number of fused-ring (bicyclic) bond motifs is 1. The fraction of sp³-hybridized carbons (Fsp3) is 0.143. The summed E-state index contributed by atoms with van der Waals surface area (Å²) in [6, 6.07) is 6.50. The van der Waals surface area contributed by atoms with Crippen molar-refractivity contribution in [3.63, 3.8) is 0 Å². The van der Waals surface area contributed by atoms with Crippen LogP contribution in [0.3, 0.4) is 0 Å². The second kappa shape index (κ2) is 5.86. The molecule has 0 radical (unpaired) electrons. The Labute approximate surface area is 133 Å². The van der Waals surface area contributed by atoms with Crippen LogP contribution in [-0.2, 0) is 10.3 Å².